The molecule has 4 nitrogen and oxygen atoms in total. The number of aliphatic hydroxyl groups excluding tert-OH is 1. The highest BCUT2D eigenvalue weighted by atomic mass is 19.1. The fourth-order valence-electron chi connectivity index (χ4n) is 1.71. The summed E-state index contributed by atoms with van der Waals surface area (Å²) < 4.78 is 17.7. The van der Waals surface area contributed by atoms with E-state index >= 15 is 0 Å². The molecule has 0 saturated heterocycles. The standard InChI is InChI=1S/C13H18FNO3/c1-2-3-4-11(18-13(15)17)12(16)9-5-7-10(14)8-6-9/h5-8,11-12,16H,2-4H2,1H3,(H2,15,17). The summed E-state index contributed by atoms with van der Waals surface area (Å²) in [4.78, 5) is 10.8. The summed E-state index contributed by atoms with van der Waals surface area (Å²) >= 11 is 0. The minimum atomic E-state index is -0.996. The maximum Gasteiger partial charge on any atom is 0.404 e. The summed E-state index contributed by atoms with van der Waals surface area (Å²) in [6.45, 7) is 1.99. The van der Waals surface area contributed by atoms with Crippen LogP contribution in [0.4, 0.5) is 9.18 Å². The molecule has 2 unspecified atom stereocenters. The number of aliphatic hydroxyl groups is 1. The predicted molar refractivity (Wildman–Crippen MR) is 65.3 cm³/mol. The molecule has 0 aliphatic rings. The van der Waals surface area contributed by atoms with Gasteiger partial charge >= 0.3 is 6.09 Å². The summed E-state index contributed by atoms with van der Waals surface area (Å²) in [5, 5.41) is 10.1. The van der Waals surface area contributed by atoms with E-state index in [1.807, 2.05) is 6.92 Å². The summed E-state index contributed by atoms with van der Waals surface area (Å²) in [5.41, 5.74) is 5.47. The molecule has 100 valence electrons. The van der Waals surface area contributed by atoms with Gasteiger partial charge in [0.05, 0.1) is 0 Å². The summed E-state index contributed by atoms with van der Waals surface area (Å²) in [7, 11) is 0. The van der Waals surface area contributed by atoms with Crippen LogP contribution in [-0.2, 0) is 4.74 Å². The number of ether oxygens (including phenoxy) is 1. The molecule has 3 N–H and O–H groups in total. The highest BCUT2D eigenvalue weighted by molar-refractivity contribution is 5.64. The lowest BCUT2D eigenvalue weighted by molar-refractivity contribution is -0.000325. The lowest BCUT2D eigenvalue weighted by atomic mass is 10.00. The van der Waals surface area contributed by atoms with Crippen LogP contribution >= 0.6 is 0 Å². The lowest BCUT2D eigenvalue weighted by Crippen LogP contribution is -2.28. The van der Waals surface area contributed by atoms with Crippen molar-refractivity contribution in [2.24, 2.45) is 5.73 Å². The van der Waals surface area contributed by atoms with Crippen LogP contribution in [0.2, 0.25) is 0 Å². The average Bonchev–Trinajstić information content (AvgIpc) is 2.34. The summed E-state index contributed by atoms with van der Waals surface area (Å²) in [6, 6.07) is 5.42. The first-order valence-electron chi connectivity index (χ1n) is 5.94. The number of hydrogen-bond donors (Lipinski definition) is 2. The molecule has 1 rings (SSSR count). The van der Waals surface area contributed by atoms with E-state index < -0.39 is 18.3 Å². The Morgan fingerprint density at radius 3 is 2.56 bits per heavy atom. The number of primary amides is 1. The van der Waals surface area contributed by atoms with Gasteiger partial charge in [-0.1, -0.05) is 25.5 Å². The molecule has 0 spiro atoms. The molecular weight excluding hydrogens is 237 g/mol. The maximum atomic E-state index is 12.8. The van der Waals surface area contributed by atoms with Gasteiger partial charge in [0, 0.05) is 0 Å². The molecule has 0 bridgehead atoms. The highest BCUT2D eigenvalue weighted by Crippen LogP contribution is 2.23. The van der Waals surface area contributed by atoms with Crippen molar-refractivity contribution in [3.05, 3.63) is 35.6 Å². The molecular formula is C13H18FNO3. The topological polar surface area (TPSA) is 72.5 Å². The van der Waals surface area contributed by atoms with Gasteiger partial charge in [0.2, 0.25) is 0 Å². The number of unbranched alkanes of at least 4 members (excludes halogenated alkanes) is 1. The van der Waals surface area contributed by atoms with Crippen LogP contribution in [0.15, 0.2) is 24.3 Å². The highest BCUT2D eigenvalue weighted by Gasteiger charge is 2.23. The number of rotatable bonds is 6. The van der Waals surface area contributed by atoms with E-state index in [9.17, 15) is 14.3 Å². The molecule has 0 fully saturated rings. The third kappa shape index (κ3) is 4.33. The zero-order chi connectivity index (χ0) is 13.5. The van der Waals surface area contributed by atoms with E-state index in [1.54, 1.807) is 0 Å². The Kier molecular flexibility index (Phi) is 5.58. The SMILES string of the molecule is CCCCC(OC(N)=O)C(O)c1ccc(F)cc1. The van der Waals surface area contributed by atoms with Crippen molar-refractivity contribution in [2.45, 2.75) is 38.4 Å². The zero-order valence-corrected chi connectivity index (χ0v) is 10.3. The van der Waals surface area contributed by atoms with Crippen LogP contribution in [0.1, 0.15) is 37.9 Å². The van der Waals surface area contributed by atoms with Crippen LogP contribution < -0.4 is 5.73 Å². The molecule has 0 radical (unpaired) electrons. The fraction of sp³-hybridized carbons (Fsp3) is 0.462. The van der Waals surface area contributed by atoms with Crippen molar-refractivity contribution >= 4 is 6.09 Å². The van der Waals surface area contributed by atoms with Gasteiger partial charge in [0.25, 0.3) is 0 Å². The third-order valence-corrected chi connectivity index (χ3v) is 2.67. The van der Waals surface area contributed by atoms with Gasteiger partial charge in [-0.3, -0.25) is 0 Å². The van der Waals surface area contributed by atoms with Crippen LogP contribution in [-0.4, -0.2) is 17.3 Å². The number of amides is 1. The Bertz CT molecular complexity index is 380. The smallest absolute Gasteiger partial charge is 0.404 e. The van der Waals surface area contributed by atoms with E-state index in [-0.39, 0.29) is 5.82 Å². The maximum absolute atomic E-state index is 12.8. The van der Waals surface area contributed by atoms with Crippen molar-refractivity contribution in [1.82, 2.24) is 0 Å². The second-order valence-electron chi connectivity index (χ2n) is 4.11. The van der Waals surface area contributed by atoms with Crippen molar-refractivity contribution < 1.29 is 19.0 Å². The Hall–Kier alpha value is -1.62. The zero-order valence-electron chi connectivity index (χ0n) is 10.3. The molecule has 0 heterocycles. The summed E-state index contributed by atoms with van der Waals surface area (Å²) in [6.07, 6.45) is -0.391. The van der Waals surface area contributed by atoms with E-state index in [0.29, 0.717) is 12.0 Å². The largest absolute Gasteiger partial charge is 0.443 e. The molecule has 1 aromatic carbocycles. The van der Waals surface area contributed by atoms with Gasteiger partial charge in [-0.05, 0) is 30.5 Å². The molecule has 5 heteroatoms. The van der Waals surface area contributed by atoms with Gasteiger partial charge < -0.3 is 15.6 Å². The third-order valence-electron chi connectivity index (χ3n) is 2.67. The molecule has 1 aromatic rings. The first-order chi connectivity index (χ1) is 8.54. The second kappa shape index (κ2) is 6.96. The molecule has 0 saturated carbocycles. The van der Waals surface area contributed by atoms with E-state index in [0.717, 1.165) is 12.8 Å². The number of benzene rings is 1. The Labute approximate surface area is 106 Å². The molecule has 0 aromatic heterocycles. The Morgan fingerprint density at radius 2 is 2.06 bits per heavy atom. The Morgan fingerprint density at radius 1 is 1.44 bits per heavy atom. The number of halogens is 1. The van der Waals surface area contributed by atoms with Crippen molar-refractivity contribution in [3.63, 3.8) is 0 Å². The second-order valence-corrected chi connectivity index (χ2v) is 4.11. The quantitative estimate of drug-likeness (QED) is 0.820. The first kappa shape index (κ1) is 14.4. The van der Waals surface area contributed by atoms with Crippen molar-refractivity contribution in [1.29, 1.82) is 0 Å². The summed E-state index contributed by atoms with van der Waals surface area (Å²) in [5.74, 6) is -0.383. The van der Waals surface area contributed by atoms with Gasteiger partial charge in [0.1, 0.15) is 18.0 Å². The molecule has 18 heavy (non-hydrogen) atoms. The number of nitrogens with two attached hydrogens (primary N) is 1. The minimum Gasteiger partial charge on any atom is -0.443 e. The molecule has 2 atom stereocenters. The van der Waals surface area contributed by atoms with Crippen LogP contribution in [0.25, 0.3) is 0 Å². The lowest BCUT2D eigenvalue weighted by Gasteiger charge is -2.22. The molecule has 0 aliphatic carbocycles. The van der Waals surface area contributed by atoms with E-state index in [4.69, 9.17) is 10.5 Å². The van der Waals surface area contributed by atoms with Crippen LogP contribution in [0.3, 0.4) is 0 Å². The number of hydrogen-bond acceptors (Lipinski definition) is 3. The normalized spacial score (nSPS) is 13.9. The van der Waals surface area contributed by atoms with Crippen molar-refractivity contribution in [2.75, 3.05) is 0 Å². The van der Waals surface area contributed by atoms with Crippen molar-refractivity contribution in [3.8, 4) is 0 Å². The van der Waals surface area contributed by atoms with Crippen LogP contribution in [0, 0.1) is 5.82 Å². The van der Waals surface area contributed by atoms with Gasteiger partial charge in [-0.15, -0.1) is 0 Å². The van der Waals surface area contributed by atoms with Gasteiger partial charge in [-0.2, -0.15) is 0 Å². The average molecular weight is 255 g/mol. The number of carbonyl (C=O) groups is 1. The predicted octanol–water partition coefficient (Wildman–Crippen LogP) is 2.51. The van der Waals surface area contributed by atoms with Crippen LogP contribution in [0.5, 0.6) is 0 Å². The molecule has 0 aliphatic heterocycles. The first-order valence-corrected chi connectivity index (χ1v) is 5.94. The van der Waals surface area contributed by atoms with Gasteiger partial charge in [-0.25, -0.2) is 9.18 Å². The fourth-order valence-corrected chi connectivity index (χ4v) is 1.71. The van der Waals surface area contributed by atoms with E-state index in [2.05, 4.69) is 0 Å². The number of carbonyl (C=O) groups excluding carboxylic acids is 1. The Balaban J connectivity index is 2.76. The van der Waals surface area contributed by atoms with Gasteiger partial charge in [0.15, 0.2) is 0 Å². The molecule has 1 amide bonds. The van der Waals surface area contributed by atoms with E-state index in [1.165, 1.54) is 24.3 Å². The monoisotopic (exact) mass is 255 g/mol. The minimum absolute atomic E-state index is 0.383.